The summed E-state index contributed by atoms with van der Waals surface area (Å²) in [5, 5.41) is 11.8. The topological polar surface area (TPSA) is 141 Å². The Bertz CT molecular complexity index is 1630. The lowest BCUT2D eigenvalue weighted by molar-refractivity contribution is -0.149. The molecular weight excluding hydrogens is 581 g/mol. The van der Waals surface area contributed by atoms with Gasteiger partial charge >= 0.3 is 11.9 Å². The van der Waals surface area contributed by atoms with Gasteiger partial charge in [0.05, 0.1) is 11.2 Å². The number of aliphatic carboxylic acids is 1. The molecule has 228 valence electrons. The number of esters is 1. The molecule has 2 aromatic rings. The fraction of sp³-hybridized carbons (Fsp3) is 0.483. The molecule has 1 aromatic carbocycles. The highest BCUT2D eigenvalue weighted by Crippen LogP contribution is 2.41. The Labute approximate surface area is 250 Å². The molecule has 0 radical (unpaired) electrons. The molecule has 3 aliphatic heterocycles. The molecule has 4 heterocycles. The number of ether oxygens (including phenoxy) is 1. The summed E-state index contributed by atoms with van der Waals surface area (Å²) in [6, 6.07) is 1.91. The molecule has 0 spiro atoms. The number of fused-ring (bicyclic) bond motifs is 2. The number of hydrogen-bond donors (Lipinski definition) is 2. The van der Waals surface area contributed by atoms with Gasteiger partial charge in [0.25, 0.3) is 11.8 Å². The number of carboxylic acids is 1. The van der Waals surface area contributed by atoms with Crippen LogP contribution in [-0.2, 0) is 19.1 Å². The summed E-state index contributed by atoms with van der Waals surface area (Å²) in [6.07, 6.45) is 3.20. The Hall–Kier alpha value is -3.91. The highest BCUT2D eigenvalue weighted by atomic mass is 32.2. The van der Waals surface area contributed by atoms with E-state index in [2.05, 4.69) is 17.1 Å². The summed E-state index contributed by atoms with van der Waals surface area (Å²) in [4.78, 5) is 68.6. The highest BCUT2D eigenvalue weighted by molar-refractivity contribution is 8.00. The maximum atomic E-state index is 15.5. The average molecular weight is 614 g/mol. The zero-order valence-corrected chi connectivity index (χ0v) is 24.6. The minimum atomic E-state index is -1.35. The molecule has 3 fully saturated rings. The number of carbonyl (C=O) groups excluding carboxylic acids is 3. The van der Waals surface area contributed by atoms with Gasteiger partial charge in [-0.3, -0.25) is 24.1 Å². The van der Waals surface area contributed by atoms with Crippen molar-refractivity contribution in [2.45, 2.75) is 44.1 Å². The lowest BCUT2D eigenvalue weighted by Gasteiger charge is -2.49. The first-order chi connectivity index (χ1) is 20.6. The second-order valence-corrected chi connectivity index (χ2v) is 12.3. The van der Waals surface area contributed by atoms with E-state index in [9.17, 15) is 29.1 Å². The molecule has 4 aliphatic rings. The lowest BCUT2D eigenvalue weighted by Crippen LogP contribution is -2.70. The van der Waals surface area contributed by atoms with Crippen molar-refractivity contribution in [1.82, 2.24) is 19.7 Å². The molecule has 43 heavy (non-hydrogen) atoms. The fourth-order valence-corrected chi connectivity index (χ4v) is 7.25. The maximum Gasteiger partial charge on any atom is 0.352 e. The molecule has 2 atom stereocenters. The lowest BCUT2D eigenvalue weighted by atomic mass is 10.0. The van der Waals surface area contributed by atoms with Gasteiger partial charge in [-0.2, -0.15) is 0 Å². The third kappa shape index (κ3) is 5.26. The Morgan fingerprint density at radius 2 is 1.86 bits per heavy atom. The molecule has 12 nitrogen and oxygen atoms in total. The van der Waals surface area contributed by atoms with Crippen molar-refractivity contribution < 1.29 is 33.4 Å². The van der Waals surface area contributed by atoms with Gasteiger partial charge in [-0.15, -0.1) is 11.8 Å². The summed E-state index contributed by atoms with van der Waals surface area (Å²) in [5.41, 5.74) is 0.144. The van der Waals surface area contributed by atoms with E-state index in [0.717, 1.165) is 37.4 Å². The van der Waals surface area contributed by atoms with E-state index in [-0.39, 0.29) is 40.6 Å². The summed E-state index contributed by atoms with van der Waals surface area (Å²) in [7, 11) is 0. The molecule has 2 amide bonds. The van der Waals surface area contributed by atoms with Crippen LogP contribution in [0.3, 0.4) is 0 Å². The van der Waals surface area contributed by atoms with E-state index in [1.54, 1.807) is 6.07 Å². The van der Waals surface area contributed by atoms with Gasteiger partial charge < -0.3 is 29.5 Å². The predicted molar refractivity (Wildman–Crippen MR) is 156 cm³/mol. The molecule has 0 bridgehead atoms. The van der Waals surface area contributed by atoms with Gasteiger partial charge in [-0.25, -0.2) is 9.18 Å². The first-order valence-corrected chi connectivity index (χ1v) is 15.3. The average Bonchev–Trinajstić information content (AvgIpc) is 3.84. The third-order valence-electron chi connectivity index (χ3n) is 8.43. The number of piperazine rings is 1. The number of amides is 2. The van der Waals surface area contributed by atoms with Gasteiger partial charge in [-0.05, 0) is 31.5 Å². The maximum absolute atomic E-state index is 15.5. The molecule has 1 aromatic heterocycles. The van der Waals surface area contributed by atoms with Crippen molar-refractivity contribution in [1.29, 1.82) is 0 Å². The van der Waals surface area contributed by atoms with Crippen molar-refractivity contribution in [3.63, 3.8) is 0 Å². The van der Waals surface area contributed by atoms with Crippen molar-refractivity contribution in [2.24, 2.45) is 0 Å². The number of benzene rings is 1. The smallest absolute Gasteiger partial charge is 0.352 e. The number of pyridine rings is 1. The second kappa shape index (κ2) is 11.3. The first kappa shape index (κ1) is 29.2. The summed E-state index contributed by atoms with van der Waals surface area (Å²) in [6.45, 7) is 6.92. The second-order valence-electron chi connectivity index (χ2n) is 11.2. The largest absolute Gasteiger partial charge is 0.477 e. The predicted octanol–water partition coefficient (Wildman–Crippen LogP) is 1.53. The molecule has 0 unspecified atom stereocenters. The van der Waals surface area contributed by atoms with Crippen molar-refractivity contribution in [3.8, 4) is 0 Å². The fourth-order valence-electron chi connectivity index (χ4n) is 5.92. The number of nitrogens with zero attached hydrogens (tertiary/aromatic N) is 4. The van der Waals surface area contributed by atoms with Gasteiger partial charge in [0.2, 0.25) is 5.43 Å². The Kier molecular flexibility index (Phi) is 7.67. The van der Waals surface area contributed by atoms with Crippen LogP contribution < -0.4 is 15.6 Å². The van der Waals surface area contributed by atoms with Crippen LogP contribution in [-0.4, -0.2) is 99.7 Å². The monoisotopic (exact) mass is 613 g/mol. The van der Waals surface area contributed by atoms with E-state index in [1.165, 1.54) is 30.9 Å². The van der Waals surface area contributed by atoms with Crippen LogP contribution in [0.2, 0.25) is 0 Å². The van der Waals surface area contributed by atoms with Crippen LogP contribution in [0.4, 0.5) is 10.1 Å². The number of halogens is 1. The van der Waals surface area contributed by atoms with E-state index in [0.29, 0.717) is 24.3 Å². The van der Waals surface area contributed by atoms with Crippen LogP contribution in [0, 0.1) is 5.82 Å². The number of thioether (sulfide) groups is 1. The highest BCUT2D eigenvalue weighted by Gasteiger charge is 2.54. The minimum absolute atomic E-state index is 0.0681. The SMILES string of the molecule is CCN1CCN(c2cc3c(cc2F)c(=O)c(C(=O)N[C@@H]2C(=O)N4C(C(=O)O)=C(COC(C)=O)CS[C@H]24)cn3C2CC2)CC1. The van der Waals surface area contributed by atoms with E-state index in [4.69, 9.17) is 4.74 Å². The molecule has 2 N–H and O–H groups in total. The van der Waals surface area contributed by atoms with Crippen LogP contribution in [0.25, 0.3) is 10.9 Å². The van der Waals surface area contributed by atoms with Crippen molar-refractivity contribution in [3.05, 3.63) is 51.2 Å². The summed E-state index contributed by atoms with van der Waals surface area (Å²) < 4.78 is 22.3. The molecule has 1 saturated carbocycles. The van der Waals surface area contributed by atoms with Crippen LogP contribution in [0.5, 0.6) is 0 Å². The summed E-state index contributed by atoms with van der Waals surface area (Å²) in [5.74, 6) is -3.72. The Morgan fingerprint density at radius 1 is 1.14 bits per heavy atom. The normalized spacial score (nSPS) is 22.3. The number of carbonyl (C=O) groups is 4. The van der Waals surface area contributed by atoms with Crippen LogP contribution in [0.1, 0.15) is 43.1 Å². The van der Waals surface area contributed by atoms with Crippen LogP contribution >= 0.6 is 11.8 Å². The third-order valence-corrected chi connectivity index (χ3v) is 9.77. The standard InChI is InChI=1S/C29H32FN5O7S/c1-3-32-6-8-33(9-7-32)22-11-21-18(10-20(22)30)25(37)19(12-34(21)17-4-5-17)26(38)31-23-27(39)35-24(29(40)41)16(13-42-15(2)36)14-43-28(23)35/h10-12,17,23,28H,3-9,13-14H2,1-2H3,(H,31,38)(H,40,41)/t23-,28-/m1/s1. The van der Waals surface area contributed by atoms with Crippen molar-refractivity contribution in [2.75, 3.05) is 50.0 Å². The number of β-lactam (4-membered cyclic amide) rings is 1. The van der Waals surface area contributed by atoms with Gasteiger partial charge in [-0.1, -0.05) is 6.92 Å². The van der Waals surface area contributed by atoms with Crippen LogP contribution in [0.15, 0.2) is 34.4 Å². The van der Waals surface area contributed by atoms with Crippen molar-refractivity contribution >= 4 is 52.1 Å². The number of carboxylic acid groups (broad SMARTS) is 1. The van der Waals surface area contributed by atoms with Gasteiger partial charge in [0.1, 0.15) is 35.1 Å². The number of hydrogen-bond acceptors (Lipinski definition) is 9. The number of nitrogens with one attached hydrogen (secondary N) is 1. The van der Waals surface area contributed by atoms with Gasteiger partial charge in [0, 0.05) is 62.1 Å². The Morgan fingerprint density at radius 3 is 2.49 bits per heavy atom. The summed E-state index contributed by atoms with van der Waals surface area (Å²) >= 11 is 1.22. The van der Waals surface area contributed by atoms with E-state index < -0.39 is 46.4 Å². The molecule has 14 heteroatoms. The zero-order valence-electron chi connectivity index (χ0n) is 23.8. The Balaban J connectivity index is 1.27. The van der Waals surface area contributed by atoms with E-state index >= 15 is 4.39 Å². The quantitative estimate of drug-likeness (QED) is 0.333. The number of rotatable bonds is 8. The number of aromatic nitrogens is 1. The molecular formula is C29H32FN5O7S. The molecule has 1 aliphatic carbocycles. The zero-order chi connectivity index (χ0) is 30.6. The minimum Gasteiger partial charge on any atom is -0.477 e. The van der Waals surface area contributed by atoms with E-state index in [1.807, 2.05) is 9.47 Å². The molecule has 6 rings (SSSR count). The number of likely N-dealkylation sites (N-methyl/N-ethyl adjacent to an activating group) is 1. The first-order valence-electron chi connectivity index (χ1n) is 14.3. The molecule has 2 saturated heterocycles. The number of anilines is 1. The van der Waals surface area contributed by atoms with Gasteiger partial charge in [0.15, 0.2) is 0 Å².